The predicted octanol–water partition coefficient (Wildman–Crippen LogP) is 3.84. The summed E-state index contributed by atoms with van der Waals surface area (Å²) >= 11 is 0. The number of hydrogen-bond donors (Lipinski definition) is 3. The molecule has 8 heteroatoms. The Morgan fingerprint density at radius 2 is 2.12 bits per heavy atom. The zero-order chi connectivity index (χ0) is 23.6. The highest BCUT2D eigenvalue weighted by molar-refractivity contribution is 5.79. The number of carboxylic acids is 1. The molecule has 1 aliphatic heterocycles. The Kier molecular flexibility index (Phi) is 9.78. The fourth-order valence-corrected chi connectivity index (χ4v) is 4.12. The summed E-state index contributed by atoms with van der Waals surface area (Å²) in [4.78, 5) is 30.8. The number of alkyl carbamates (subject to hydrolysis) is 1. The Morgan fingerprint density at radius 3 is 2.85 bits per heavy atom. The number of amides is 1. The Morgan fingerprint density at radius 1 is 1.30 bits per heavy atom. The van der Waals surface area contributed by atoms with Crippen molar-refractivity contribution < 1.29 is 19.4 Å². The molecule has 0 radical (unpaired) electrons. The van der Waals surface area contributed by atoms with E-state index in [9.17, 15) is 14.7 Å². The number of rotatable bonds is 14. The highest BCUT2D eigenvalue weighted by Gasteiger charge is 2.30. The molecule has 1 fully saturated rings. The molecule has 3 N–H and O–H groups in total. The van der Waals surface area contributed by atoms with Crippen LogP contribution in [-0.4, -0.2) is 65.4 Å². The van der Waals surface area contributed by atoms with Crippen molar-refractivity contribution in [3.05, 3.63) is 23.4 Å². The second kappa shape index (κ2) is 12.8. The average molecular weight is 461 g/mol. The van der Waals surface area contributed by atoms with Crippen LogP contribution < -0.4 is 10.6 Å². The van der Waals surface area contributed by atoms with Gasteiger partial charge < -0.3 is 25.4 Å². The fraction of sp³-hybridized carbons (Fsp3) is 0.720. The summed E-state index contributed by atoms with van der Waals surface area (Å²) in [6.07, 6.45) is 8.30. The molecule has 3 rings (SSSR count). The van der Waals surface area contributed by atoms with E-state index in [2.05, 4.69) is 27.7 Å². The SMILES string of the molecule is CC[C@H](C)COC(=O)N[C@@H](CCN(CCCCc1ccc2c(n1)NCCC2)C1CC1)C(=O)O. The van der Waals surface area contributed by atoms with Crippen LogP contribution in [0.25, 0.3) is 0 Å². The van der Waals surface area contributed by atoms with E-state index in [1.807, 2.05) is 13.8 Å². The minimum atomic E-state index is -1.02. The third kappa shape index (κ3) is 8.50. The monoisotopic (exact) mass is 460 g/mol. The van der Waals surface area contributed by atoms with Gasteiger partial charge in [0, 0.05) is 24.8 Å². The molecular formula is C25H40N4O4. The lowest BCUT2D eigenvalue weighted by molar-refractivity contribution is -0.139. The number of aryl methyl sites for hydroxylation is 2. The summed E-state index contributed by atoms with van der Waals surface area (Å²) in [5, 5.41) is 15.5. The van der Waals surface area contributed by atoms with Gasteiger partial charge in [-0.3, -0.25) is 0 Å². The average Bonchev–Trinajstić information content (AvgIpc) is 3.66. The first-order valence-corrected chi connectivity index (χ1v) is 12.6. The van der Waals surface area contributed by atoms with Crippen LogP contribution in [-0.2, 0) is 22.4 Å². The number of anilines is 1. The molecule has 1 aliphatic carbocycles. The number of aliphatic carboxylic acids is 1. The van der Waals surface area contributed by atoms with Gasteiger partial charge in [0.1, 0.15) is 11.9 Å². The number of unbranched alkanes of at least 4 members (excludes halogenated alkanes) is 1. The van der Waals surface area contributed by atoms with E-state index in [0.717, 1.165) is 56.7 Å². The predicted molar refractivity (Wildman–Crippen MR) is 129 cm³/mol. The van der Waals surface area contributed by atoms with Crippen LogP contribution >= 0.6 is 0 Å². The van der Waals surface area contributed by atoms with Gasteiger partial charge in [-0.05, 0) is 75.5 Å². The number of fused-ring (bicyclic) bond motifs is 1. The standard InChI is InChI=1S/C25H40N4O4/c1-3-18(2)17-33-25(32)28-22(24(30)31)13-16-29(21-11-12-21)15-5-4-8-20-10-9-19-7-6-14-26-23(19)27-20/h9-10,18,21-22H,3-8,11-17H2,1-2H3,(H,26,27)(H,28,32)(H,30,31)/t18-,22-/m0/s1. The van der Waals surface area contributed by atoms with E-state index in [-0.39, 0.29) is 5.92 Å². The van der Waals surface area contributed by atoms with E-state index >= 15 is 0 Å². The maximum Gasteiger partial charge on any atom is 0.407 e. The Bertz CT molecular complexity index is 784. The van der Waals surface area contributed by atoms with Crippen molar-refractivity contribution in [1.29, 1.82) is 0 Å². The zero-order valence-electron chi connectivity index (χ0n) is 20.1. The quantitative estimate of drug-likeness (QED) is 0.362. The number of pyridine rings is 1. The highest BCUT2D eigenvalue weighted by atomic mass is 16.5. The van der Waals surface area contributed by atoms with Gasteiger partial charge >= 0.3 is 12.1 Å². The van der Waals surface area contributed by atoms with Crippen molar-refractivity contribution in [3.8, 4) is 0 Å². The van der Waals surface area contributed by atoms with Crippen molar-refractivity contribution in [2.75, 3.05) is 31.6 Å². The Hall–Kier alpha value is -2.35. The molecule has 2 aliphatic rings. The summed E-state index contributed by atoms with van der Waals surface area (Å²) in [5.41, 5.74) is 2.45. The molecule has 2 atom stereocenters. The van der Waals surface area contributed by atoms with E-state index in [1.165, 1.54) is 24.8 Å². The summed E-state index contributed by atoms with van der Waals surface area (Å²) in [6.45, 7) is 6.93. The molecule has 1 saturated carbocycles. The number of nitrogens with one attached hydrogen (secondary N) is 2. The largest absolute Gasteiger partial charge is 0.480 e. The van der Waals surface area contributed by atoms with Crippen LogP contribution in [0.4, 0.5) is 10.6 Å². The van der Waals surface area contributed by atoms with Crippen LogP contribution in [0.5, 0.6) is 0 Å². The maximum atomic E-state index is 12.0. The second-order valence-corrected chi connectivity index (χ2v) is 9.50. The van der Waals surface area contributed by atoms with Crippen molar-refractivity contribution in [2.24, 2.45) is 5.92 Å². The van der Waals surface area contributed by atoms with Gasteiger partial charge in [0.2, 0.25) is 0 Å². The van der Waals surface area contributed by atoms with Crippen LogP contribution in [0.1, 0.15) is 70.1 Å². The first kappa shape index (κ1) is 25.3. The first-order valence-electron chi connectivity index (χ1n) is 12.6. The molecule has 1 amide bonds. The highest BCUT2D eigenvalue weighted by Crippen LogP contribution is 2.27. The minimum Gasteiger partial charge on any atom is -0.480 e. The lowest BCUT2D eigenvalue weighted by Crippen LogP contribution is -2.44. The smallest absolute Gasteiger partial charge is 0.407 e. The molecule has 8 nitrogen and oxygen atoms in total. The van der Waals surface area contributed by atoms with Crippen LogP contribution in [0.2, 0.25) is 0 Å². The minimum absolute atomic E-state index is 0.261. The first-order chi connectivity index (χ1) is 16.0. The topological polar surface area (TPSA) is 104 Å². The van der Waals surface area contributed by atoms with Crippen LogP contribution in [0, 0.1) is 5.92 Å². The Labute approximate surface area is 197 Å². The van der Waals surface area contributed by atoms with Crippen molar-refractivity contribution >= 4 is 17.9 Å². The van der Waals surface area contributed by atoms with E-state index in [0.29, 0.717) is 25.6 Å². The number of ether oxygens (including phenoxy) is 1. The maximum absolute atomic E-state index is 12.0. The molecule has 0 aromatic carbocycles. The molecular weight excluding hydrogens is 420 g/mol. The molecule has 184 valence electrons. The third-order valence-electron chi connectivity index (χ3n) is 6.63. The number of aromatic nitrogens is 1. The van der Waals surface area contributed by atoms with Crippen molar-refractivity contribution in [1.82, 2.24) is 15.2 Å². The van der Waals surface area contributed by atoms with Crippen LogP contribution in [0.3, 0.4) is 0 Å². The molecule has 0 bridgehead atoms. The van der Waals surface area contributed by atoms with Gasteiger partial charge in [-0.1, -0.05) is 26.3 Å². The number of carbonyl (C=O) groups is 2. The third-order valence-corrected chi connectivity index (χ3v) is 6.63. The second-order valence-electron chi connectivity index (χ2n) is 9.50. The van der Waals surface area contributed by atoms with E-state index in [4.69, 9.17) is 9.72 Å². The molecule has 1 aromatic rings. The number of carboxylic acid groups (broad SMARTS) is 1. The number of carbonyl (C=O) groups excluding carboxylic acids is 1. The number of hydrogen-bond acceptors (Lipinski definition) is 6. The van der Waals surface area contributed by atoms with Gasteiger partial charge in [-0.2, -0.15) is 0 Å². The Balaban J connectivity index is 1.39. The zero-order valence-corrected chi connectivity index (χ0v) is 20.1. The summed E-state index contributed by atoms with van der Waals surface area (Å²) in [6, 6.07) is 3.96. The normalized spacial score (nSPS) is 17.1. The van der Waals surface area contributed by atoms with Gasteiger partial charge in [0.25, 0.3) is 0 Å². The van der Waals surface area contributed by atoms with Crippen LogP contribution in [0.15, 0.2) is 12.1 Å². The van der Waals surface area contributed by atoms with Gasteiger partial charge in [-0.25, -0.2) is 14.6 Å². The van der Waals surface area contributed by atoms with Gasteiger partial charge in [0.05, 0.1) is 6.61 Å². The van der Waals surface area contributed by atoms with Gasteiger partial charge in [-0.15, -0.1) is 0 Å². The van der Waals surface area contributed by atoms with Gasteiger partial charge in [0.15, 0.2) is 0 Å². The summed E-state index contributed by atoms with van der Waals surface area (Å²) in [7, 11) is 0. The fourth-order valence-electron chi connectivity index (χ4n) is 4.12. The summed E-state index contributed by atoms with van der Waals surface area (Å²) < 4.78 is 5.16. The lowest BCUT2D eigenvalue weighted by atomic mass is 10.1. The molecule has 1 aromatic heterocycles. The molecule has 33 heavy (non-hydrogen) atoms. The van der Waals surface area contributed by atoms with E-state index < -0.39 is 18.1 Å². The van der Waals surface area contributed by atoms with Crippen molar-refractivity contribution in [2.45, 2.75) is 83.7 Å². The van der Waals surface area contributed by atoms with Crippen molar-refractivity contribution in [3.63, 3.8) is 0 Å². The lowest BCUT2D eigenvalue weighted by Gasteiger charge is -2.24. The molecule has 2 heterocycles. The molecule has 0 saturated heterocycles. The van der Waals surface area contributed by atoms with E-state index in [1.54, 1.807) is 0 Å². The molecule has 0 unspecified atom stereocenters. The number of nitrogens with zero attached hydrogens (tertiary/aromatic N) is 2. The summed E-state index contributed by atoms with van der Waals surface area (Å²) in [5.74, 6) is 0.295. The molecule has 0 spiro atoms.